The van der Waals surface area contributed by atoms with E-state index in [-0.39, 0.29) is 12.5 Å². The molecule has 0 fully saturated rings. The van der Waals surface area contributed by atoms with Crippen molar-refractivity contribution in [2.45, 2.75) is 19.3 Å². The fourth-order valence-corrected chi connectivity index (χ4v) is 3.39. The number of hydrogen-bond acceptors (Lipinski definition) is 3. The Labute approximate surface area is 122 Å². The smallest absolute Gasteiger partial charge is 0.0945 e. The maximum absolute atomic E-state index is 9.66. The molecule has 20 heavy (non-hydrogen) atoms. The summed E-state index contributed by atoms with van der Waals surface area (Å²) in [5.41, 5.74) is 3.47. The zero-order valence-electron chi connectivity index (χ0n) is 11.4. The van der Waals surface area contributed by atoms with Gasteiger partial charge in [0.2, 0.25) is 0 Å². The number of nitrogens with zero attached hydrogens (tertiary/aromatic N) is 1. The summed E-state index contributed by atoms with van der Waals surface area (Å²) >= 11 is 1.72. The molecule has 0 aliphatic rings. The molecule has 2 nitrogen and oxygen atoms in total. The maximum atomic E-state index is 9.66. The largest absolute Gasteiger partial charge is 0.396 e. The number of benzene rings is 2. The fraction of sp³-hybridized carbons (Fsp3) is 0.235. The van der Waals surface area contributed by atoms with E-state index < -0.39 is 0 Å². The minimum absolute atomic E-state index is 0.121. The molecule has 3 rings (SSSR count). The van der Waals surface area contributed by atoms with Crippen molar-refractivity contribution in [3.05, 3.63) is 64.7 Å². The quantitative estimate of drug-likeness (QED) is 0.787. The van der Waals surface area contributed by atoms with Crippen molar-refractivity contribution >= 4 is 21.6 Å². The Morgan fingerprint density at radius 1 is 1.10 bits per heavy atom. The molecular formula is C17H17NOS. The Morgan fingerprint density at radius 2 is 1.85 bits per heavy atom. The number of aromatic nitrogens is 1. The molecule has 1 N–H and O–H groups in total. The van der Waals surface area contributed by atoms with Crippen molar-refractivity contribution in [3.8, 4) is 0 Å². The van der Waals surface area contributed by atoms with Gasteiger partial charge in [0.05, 0.1) is 21.8 Å². The van der Waals surface area contributed by atoms with Gasteiger partial charge in [0.15, 0.2) is 0 Å². The SMILES string of the molecule is Cc1ccc(C(CO)Cc2nc3ccccc3s2)cc1. The molecule has 3 heteroatoms. The van der Waals surface area contributed by atoms with Crippen LogP contribution in [0.5, 0.6) is 0 Å². The van der Waals surface area contributed by atoms with Crippen LogP contribution in [0.3, 0.4) is 0 Å². The third-order valence-corrected chi connectivity index (χ3v) is 4.59. The van der Waals surface area contributed by atoms with Crippen molar-refractivity contribution in [3.63, 3.8) is 0 Å². The van der Waals surface area contributed by atoms with E-state index in [4.69, 9.17) is 0 Å². The lowest BCUT2D eigenvalue weighted by atomic mass is 9.96. The van der Waals surface area contributed by atoms with Crippen LogP contribution in [0.1, 0.15) is 22.1 Å². The first-order chi connectivity index (χ1) is 9.76. The van der Waals surface area contributed by atoms with Gasteiger partial charge < -0.3 is 5.11 Å². The number of rotatable bonds is 4. The van der Waals surface area contributed by atoms with Gasteiger partial charge in [-0.25, -0.2) is 4.98 Å². The van der Waals surface area contributed by atoms with E-state index in [1.54, 1.807) is 11.3 Å². The molecule has 0 aliphatic heterocycles. The van der Waals surface area contributed by atoms with Crippen molar-refractivity contribution in [1.82, 2.24) is 4.98 Å². The molecule has 0 bridgehead atoms. The summed E-state index contributed by atoms with van der Waals surface area (Å²) in [4.78, 5) is 4.65. The van der Waals surface area contributed by atoms with Gasteiger partial charge in [0.1, 0.15) is 0 Å². The van der Waals surface area contributed by atoms with Crippen molar-refractivity contribution in [1.29, 1.82) is 0 Å². The van der Waals surface area contributed by atoms with Crippen LogP contribution < -0.4 is 0 Å². The molecule has 102 valence electrons. The van der Waals surface area contributed by atoms with Crippen LogP contribution in [0, 0.1) is 6.92 Å². The second-order valence-electron chi connectivity index (χ2n) is 5.07. The van der Waals surface area contributed by atoms with Gasteiger partial charge in [0.25, 0.3) is 0 Å². The number of fused-ring (bicyclic) bond motifs is 1. The Morgan fingerprint density at radius 3 is 2.55 bits per heavy atom. The Kier molecular flexibility index (Phi) is 3.81. The van der Waals surface area contributed by atoms with E-state index in [1.807, 2.05) is 18.2 Å². The van der Waals surface area contributed by atoms with Gasteiger partial charge in [-0.15, -0.1) is 11.3 Å². The predicted molar refractivity (Wildman–Crippen MR) is 84.3 cm³/mol. The summed E-state index contributed by atoms with van der Waals surface area (Å²) in [5.74, 6) is 0.121. The highest BCUT2D eigenvalue weighted by Crippen LogP contribution is 2.27. The standard InChI is InChI=1S/C17H17NOS/c1-12-6-8-13(9-7-12)14(11-19)10-17-18-15-4-2-3-5-16(15)20-17/h2-9,14,19H,10-11H2,1H3. The molecule has 3 aromatic rings. The van der Waals surface area contributed by atoms with Crippen LogP contribution in [0.25, 0.3) is 10.2 Å². The highest BCUT2D eigenvalue weighted by molar-refractivity contribution is 7.18. The van der Waals surface area contributed by atoms with Gasteiger partial charge in [0, 0.05) is 12.3 Å². The summed E-state index contributed by atoms with van der Waals surface area (Å²) in [6.07, 6.45) is 0.791. The highest BCUT2D eigenvalue weighted by Gasteiger charge is 2.14. The zero-order chi connectivity index (χ0) is 13.9. The predicted octanol–water partition coefficient (Wildman–Crippen LogP) is 3.92. The van der Waals surface area contributed by atoms with E-state index in [0.29, 0.717) is 0 Å². The van der Waals surface area contributed by atoms with E-state index >= 15 is 0 Å². The summed E-state index contributed by atoms with van der Waals surface area (Å²) in [5, 5.41) is 10.8. The Bertz CT molecular complexity index is 669. The molecular weight excluding hydrogens is 266 g/mol. The Hall–Kier alpha value is -1.71. The van der Waals surface area contributed by atoms with E-state index in [0.717, 1.165) is 16.9 Å². The number of para-hydroxylation sites is 1. The molecule has 2 aromatic carbocycles. The van der Waals surface area contributed by atoms with Crippen LogP contribution in [0.15, 0.2) is 48.5 Å². The summed E-state index contributed by atoms with van der Waals surface area (Å²) in [6, 6.07) is 16.6. The summed E-state index contributed by atoms with van der Waals surface area (Å²) < 4.78 is 1.21. The number of aryl methyl sites for hydroxylation is 1. The number of hydrogen-bond donors (Lipinski definition) is 1. The number of thiazole rings is 1. The van der Waals surface area contributed by atoms with Crippen molar-refractivity contribution in [2.75, 3.05) is 6.61 Å². The Balaban J connectivity index is 1.85. The average molecular weight is 283 g/mol. The van der Waals surface area contributed by atoms with Crippen LogP contribution >= 0.6 is 11.3 Å². The van der Waals surface area contributed by atoms with Gasteiger partial charge in [-0.2, -0.15) is 0 Å². The molecule has 1 heterocycles. The minimum Gasteiger partial charge on any atom is -0.396 e. The number of aliphatic hydroxyl groups excluding tert-OH is 1. The van der Waals surface area contributed by atoms with E-state index in [9.17, 15) is 5.11 Å². The van der Waals surface area contributed by atoms with E-state index in [1.165, 1.54) is 15.8 Å². The molecule has 1 aromatic heterocycles. The summed E-state index contributed by atoms with van der Waals surface area (Å²) in [6.45, 7) is 2.23. The van der Waals surface area contributed by atoms with Gasteiger partial charge in [-0.3, -0.25) is 0 Å². The molecule has 0 amide bonds. The molecule has 0 radical (unpaired) electrons. The van der Waals surface area contributed by atoms with Crippen LogP contribution in [-0.2, 0) is 6.42 Å². The third-order valence-electron chi connectivity index (χ3n) is 3.53. The first kappa shape index (κ1) is 13.3. The minimum atomic E-state index is 0.121. The first-order valence-electron chi connectivity index (χ1n) is 6.78. The molecule has 0 aliphatic carbocycles. The second kappa shape index (κ2) is 5.73. The lowest BCUT2D eigenvalue weighted by molar-refractivity contribution is 0.264. The molecule has 0 saturated carbocycles. The third kappa shape index (κ3) is 2.74. The zero-order valence-corrected chi connectivity index (χ0v) is 12.2. The summed E-state index contributed by atoms with van der Waals surface area (Å²) in [7, 11) is 0. The lowest BCUT2D eigenvalue weighted by Crippen LogP contribution is -2.07. The average Bonchev–Trinajstić information content (AvgIpc) is 2.88. The number of aliphatic hydroxyl groups is 1. The monoisotopic (exact) mass is 283 g/mol. The van der Waals surface area contributed by atoms with Gasteiger partial charge >= 0.3 is 0 Å². The van der Waals surface area contributed by atoms with Gasteiger partial charge in [-0.05, 0) is 24.6 Å². The first-order valence-corrected chi connectivity index (χ1v) is 7.60. The molecule has 1 unspecified atom stereocenters. The second-order valence-corrected chi connectivity index (χ2v) is 6.18. The fourth-order valence-electron chi connectivity index (χ4n) is 2.34. The topological polar surface area (TPSA) is 33.1 Å². The van der Waals surface area contributed by atoms with Crippen LogP contribution in [0.4, 0.5) is 0 Å². The lowest BCUT2D eigenvalue weighted by Gasteiger charge is -2.13. The molecule has 1 atom stereocenters. The van der Waals surface area contributed by atoms with Crippen LogP contribution in [0.2, 0.25) is 0 Å². The van der Waals surface area contributed by atoms with Crippen molar-refractivity contribution in [2.24, 2.45) is 0 Å². The van der Waals surface area contributed by atoms with Crippen LogP contribution in [-0.4, -0.2) is 16.7 Å². The van der Waals surface area contributed by atoms with E-state index in [2.05, 4.69) is 42.2 Å². The highest BCUT2D eigenvalue weighted by atomic mass is 32.1. The molecule has 0 spiro atoms. The molecule has 0 saturated heterocycles. The normalized spacial score (nSPS) is 12.7. The van der Waals surface area contributed by atoms with Gasteiger partial charge in [-0.1, -0.05) is 42.0 Å². The van der Waals surface area contributed by atoms with Crippen molar-refractivity contribution < 1.29 is 5.11 Å². The maximum Gasteiger partial charge on any atom is 0.0945 e.